The summed E-state index contributed by atoms with van der Waals surface area (Å²) in [6.07, 6.45) is 3.61. The van der Waals surface area contributed by atoms with Crippen LogP contribution in [0.5, 0.6) is 0 Å². The van der Waals surface area contributed by atoms with Crippen molar-refractivity contribution in [1.29, 1.82) is 0 Å². The molecule has 0 aromatic carbocycles. The Balaban J connectivity index is 2.06. The number of aromatic nitrogens is 4. The van der Waals surface area contributed by atoms with Crippen LogP contribution in [0.1, 0.15) is 5.69 Å². The van der Waals surface area contributed by atoms with Gasteiger partial charge in [-0.3, -0.25) is 9.48 Å². The Kier molecular flexibility index (Phi) is 2.29. The van der Waals surface area contributed by atoms with Gasteiger partial charge in [0.25, 0.3) is 5.56 Å². The van der Waals surface area contributed by atoms with Gasteiger partial charge in [-0.15, -0.1) is 16.4 Å². The van der Waals surface area contributed by atoms with E-state index in [4.69, 9.17) is 0 Å². The molecule has 0 bridgehead atoms. The number of rotatable bonds is 2. The van der Waals surface area contributed by atoms with Crippen molar-refractivity contribution in [3.8, 4) is 0 Å². The van der Waals surface area contributed by atoms with Gasteiger partial charge < -0.3 is 4.57 Å². The maximum Gasteiger partial charge on any atom is 0.259 e. The Morgan fingerprint density at radius 2 is 2.29 bits per heavy atom. The van der Waals surface area contributed by atoms with Gasteiger partial charge in [-0.25, -0.2) is 0 Å². The van der Waals surface area contributed by atoms with Gasteiger partial charge in [0, 0.05) is 24.1 Å². The van der Waals surface area contributed by atoms with Gasteiger partial charge in [0.05, 0.1) is 11.9 Å². The molecule has 6 heteroatoms. The average Bonchev–Trinajstić information content (AvgIpc) is 2.92. The number of hydrogen-bond acceptors (Lipinski definition) is 4. The van der Waals surface area contributed by atoms with E-state index in [0.717, 1.165) is 15.8 Å². The summed E-state index contributed by atoms with van der Waals surface area (Å²) >= 11 is 1.58. The zero-order chi connectivity index (χ0) is 11.8. The van der Waals surface area contributed by atoms with Crippen molar-refractivity contribution in [2.45, 2.75) is 6.54 Å². The molecule has 0 spiro atoms. The van der Waals surface area contributed by atoms with Crippen LogP contribution in [0.4, 0.5) is 0 Å². The first-order valence-electron chi connectivity index (χ1n) is 5.16. The maximum absolute atomic E-state index is 12.1. The molecule has 0 radical (unpaired) electrons. The van der Waals surface area contributed by atoms with Crippen LogP contribution in [-0.4, -0.2) is 19.6 Å². The Hall–Kier alpha value is -1.95. The Morgan fingerprint density at radius 1 is 1.41 bits per heavy atom. The molecule has 0 aliphatic heterocycles. The molecular weight excluding hydrogens is 236 g/mol. The van der Waals surface area contributed by atoms with Gasteiger partial charge in [-0.1, -0.05) is 5.21 Å². The van der Waals surface area contributed by atoms with Crippen LogP contribution < -0.4 is 5.56 Å². The fourth-order valence-electron chi connectivity index (χ4n) is 1.77. The van der Waals surface area contributed by atoms with Crippen molar-refractivity contribution >= 4 is 21.4 Å². The summed E-state index contributed by atoms with van der Waals surface area (Å²) in [5, 5.41) is 10.5. The highest BCUT2D eigenvalue weighted by Crippen LogP contribution is 2.16. The quantitative estimate of drug-likeness (QED) is 0.683. The number of hydrogen-bond donors (Lipinski definition) is 0. The molecule has 0 aliphatic carbocycles. The third kappa shape index (κ3) is 1.76. The average molecular weight is 246 g/mol. The second-order valence-corrected chi connectivity index (χ2v) is 4.78. The van der Waals surface area contributed by atoms with E-state index in [1.54, 1.807) is 33.8 Å². The van der Waals surface area contributed by atoms with E-state index >= 15 is 0 Å². The number of thiophene rings is 1. The van der Waals surface area contributed by atoms with Gasteiger partial charge in [0.2, 0.25) is 0 Å². The lowest BCUT2D eigenvalue weighted by molar-refractivity contribution is 0.706. The Morgan fingerprint density at radius 3 is 3.06 bits per heavy atom. The lowest BCUT2D eigenvalue weighted by atomic mass is 10.3. The van der Waals surface area contributed by atoms with Crippen LogP contribution in [0.15, 0.2) is 34.7 Å². The summed E-state index contributed by atoms with van der Waals surface area (Å²) in [6, 6.07) is 3.81. The van der Waals surface area contributed by atoms with Crippen molar-refractivity contribution in [2.75, 3.05) is 0 Å². The molecule has 3 heterocycles. The highest BCUT2D eigenvalue weighted by atomic mass is 32.1. The van der Waals surface area contributed by atoms with E-state index in [9.17, 15) is 4.79 Å². The summed E-state index contributed by atoms with van der Waals surface area (Å²) in [5.74, 6) is 0. The molecule has 3 aromatic rings. The minimum Gasteiger partial charge on any atom is -0.309 e. The largest absolute Gasteiger partial charge is 0.309 e. The van der Waals surface area contributed by atoms with E-state index in [1.165, 1.54) is 0 Å². The van der Waals surface area contributed by atoms with Gasteiger partial charge in [0.15, 0.2) is 0 Å². The summed E-state index contributed by atoms with van der Waals surface area (Å²) in [6.45, 7) is 0.457. The van der Waals surface area contributed by atoms with Crippen LogP contribution in [0.25, 0.3) is 10.1 Å². The molecule has 0 amide bonds. The van der Waals surface area contributed by atoms with Crippen molar-refractivity contribution in [3.05, 3.63) is 46.0 Å². The van der Waals surface area contributed by atoms with Crippen molar-refractivity contribution < 1.29 is 0 Å². The van der Waals surface area contributed by atoms with E-state index in [1.807, 2.05) is 23.7 Å². The fourth-order valence-corrected chi connectivity index (χ4v) is 2.55. The third-order valence-electron chi connectivity index (χ3n) is 2.57. The molecule has 0 fully saturated rings. The first kappa shape index (κ1) is 10.2. The van der Waals surface area contributed by atoms with Gasteiger partial charge in [-0.05, 0) is 17.5 Å². The van der Waals surface area contributed by atoms with Gasteiger partial charge in [0.1, 0.15) is 5.69 Å². The minimum atomic E-state index is 0.0226. The molecule has 0 saturated heterocycles. The lowest BCUT2D eigenvalue weighted by Gasteiger charge is -2.02. The highest BCUT2D eigenvalue weighted by molar-refractivity contribution is 7.17. The molecule has 5 nitrogen and oxygen atoms in total. The summed E-state index contributed by atoms with van der Waals surface area (Å²) in [7, 11) is 1.81. The molecule has 0 unspecified atom stereocenters. The topological polar surface area (TPSA) is 52.7 Å². The van der Waals surface area contributed by atoms with Crippen LogP contribution in [0.3, 0.4) is 0 Å². The molecule has 0 aliphatic rings. The Bertz CT molecular complexity index is 724. The molecule has 3 aromatic heterocycles. The maximum atomic E-state index is 12.1. The van der Waals surface area contributed by atoms with E-state index in [2.05, 4.69) is 10.3 Å². The summed E-state index contributed by atoms with van der Waals surface area (Å²) in [5.41, 5.74) is 0.804. The number of nitrogens with zero attached hydrogens (tertiary/aromatic N) is 4. The summed E-state index contributed by atoms with van der Waals surface area (Å²) < 4.78 is 4.30. The fraction of sp³-hybridized carbons (Fsp3) is 0.182. The molecule has 3 rings (SSSR count). The van der Waals surface area contributed by atoms with Crippen LogP contribution in [-0.2, 0) is 13.6 Å². The highest BCUT2D eigenvalue weighted by Gasteiger charge is 2.05. The SMILES string of the molecule is Cn1cc(Cn2ccc3sccc3c2=O)nn1. The van der Waals surface area contributed by atoms with Gasteiger partial charge >= 0.3 is 0 Å². The standard InChI is InChI=1S/C11H10N4OS/c1-14-6-8(12-13-14)7-15-4-2-10-9(11(15)16)3-5-17-10/h2-6H,7H2,1H3. The number of fused-ring (bicyclic) bond motifs is 1. The van der Waals surface area contributed by atoms with E-state index in [-0.39, 0.29) is 5.56 Å². The zero-order valence-corrected chi connectivity index (χ0v) is 10.0. The first-order valence-corrected chi connectivity index (χ1v) is 6.04. The van der Waals surface area contributed by atoms with Crippen molar-refractivity contribution in [2.24, 2.45) is 7.05 Å². The molecule has 17 heavy (non-hydrogen) atoms. The third-order valence-corrected chi connectivity index (χ3v) is 3.46. The number of aryl methyl sites for hydroxylation is 1. The minimum absolute atomic E-state index is 0.0226. The van der Waals surface area contributed by atoms with Crippen LogP contribution in [0.2, 0.25) is 0 Å². The second kappa shape index (κ2) is 3.81. The molecular formula is C11H10N4OS. The normalized spacial score (nSPS) is 11.1. The van der Waals surface area contributed by atoms with E-state index in [0.29, 0.717) is 6.54 Å². The second-order valence-electron chi connectivity index (χ2n) is 3.83. The monoisotopic (exact) mass is 246 g/mol. The number of pyridine rings is 1. The predicted molar refractivity (Wildman–Crippen MR) is 66.2 cm³/mol. The molecule has 0 atom stereocenters. The predicted octanol–water partition coefficient (Wildman–Crippen LogP) is 1.24. The van der Waals surface area contributed by atoms with Crippen molar-refractivity contribution in [1.82, 2.24) is 19.6 Å². The summed E-state index contributed by atoms with van der Waals surface area (Å²) in [4.78, 5) is 12.1. The zero-order valence-electron chi connectivity index (χ0n) is 9.20. The van der Waals surface area contributed by atoms with Gasteiger partial charge in [-0.2, -0.15) is 0 Å². The van der Waals surface area contributed by atoms with Crippen LogP contribution >= 0.6 is 11.3 Å². The Labute approximate surface area is 101 Å². The van der Waals surface area contributed by atoms with E-state index < -0.39 is 0 Å². The smallest absolute Gasteiger partial charge is 0.259 e. The first-order chi connectivity index (χ1) is 8.24. The lowest BCUT2D eigenvalue weighted by Crippen LogP contribution is -2.19. The van der Waals surface area contributed by atoms with Crippen molar-refractivity contribution in [3.63, 3.8) is 0 Å². The molecule has 0 saturated carbocycles. The molecule has 86 valence electrons. The van der Waals surface area contributed by atoms with Crippen LogP contribution in [0, 0.1) is 0 Å². The molecule has 0 N–H and O–H groups in total.